The molecule has 0 bridgehead atoms. The monoisotopic (exact) mass is 246 g/mol. The van der Waals surface area contributed by atoms with Gasteiger partial charge in [0.15, 0.2) is 0 Å². The Labute approximate surface area is 107 Å². The second-order valence-electron chi connectivity index (χ2n) is 4.29. The molecule has 0 aliphatic heterocycles. The van der Waals surface area contributed by atoms with Gasteiger partial charge in [0.25, 0.3) is 0 Å². The lowest BCUT2D eigenvalue weighted by atomic mass is 10.1. The van der Waals surface area contributed by atoms with E-state index < -0.39 is 0 Å². The van der Waals surface area contributed by atoms with Crippen LogP contribution in [0.15, 0.2) is 30.3 Å². The van der Waals surface area contributed by atoms with Crippen molar-refractivity contribution >= 4 is 22.0 Å². The van der Waals surface area contributed by atoms with E-state index in [-0.39, 0.29) is 0 Å². The van der Waals surface area contributed by atoms with Gasteiger partial charge in [-0.3, -0.25) is 0 Å². The lowest BCUT2D eigenvalue weighted by Gasteiger charge is -2.12. The number of anilines is 2. The van der Waals surface area contributed by atoms with Crippen LogP contribution in [0.5, 0.6) is 0 Å². The van der Waals surface area contributed by atoms with Crippen LogP contribution in [0.3, 0.4) is 0 Å². The number of benzene rings is 1. The van der Waals surface area contributed by atoms with Crippen LogP contribution in [0.25, 0.3) is 11.1 Å². The fourth-order valence-electron chi connectivity index (χ4n) is 1.80. The highest BCUT2D eigenvalue weighted by molar-refractivity contribution is 7.16. The van der Waals surface area contributed by atoms with E-state index in [1.165, 1.54) is 16.1 Å². The van der Waals surface area contributed by atoms with Crippen molar-refractivity contribution in [3.05, 3.63) is 35.2 Å². The minimum absolute atomic E-state index is 0.916. The van der Waals surface area contributed by atoms with Crippen LogP contribution < -0.4 is 10.6 Å². The first kappa shape index (κ1) is 12.0. The zero-order chi connectivity index (χ0) is 12.4. The molecule has 0 aliphatic carbocycles. The fourth-order valence-corrected chi connectivity index (χ4v) is 2.69. The van der Waals surface area contributed by atoms with Gasteiger partial charge in [0.2, 0.25) is 0 Å². The van der Waals surface area contributed by atoms with E-state index in [2.05, 4.69) is 42.2 Å². The average molecular weight is 246 g/mol. The molecular formula is C14H18N2S. The molecule has 0 unspecified atom stereocenters. The van der Waals surface area contributed by atoms with E-state index in [4.69, 9.17) is 5.73 Å². The predicted octanol–water partition coefficient (Wildman–Crippen LogP) is 3.63. The third-order valence-corrected chi connectivity index (χ3v) is 3.96. The Hall–Kier alpha value is -1.48. The SMILES string of the molecule is CCc1cc(-c2ccc(N(C)C)cc2)c(N)s1. The first-order valence-corrected chi connectivity index (χ1v) is 6.59. The van der Waals surface area contributed by atoms with E-state index in [9.17, 15) is 0 Å². The summed E-state index contributed by atoms with van der Waals surface area (Å²) in [4.78, 5) is 3.44. The zero-order valence-electron chi connectivity index (χ0n) is 10.5. The summed E-state index contributed by atoms with van der Waals surface area (Å²) >= 11 is 1.69. The first-order chi connectivity index (χ1) is 8.11. The van der Waals surface area contributed by atoms with Gasteiger partial charge in [0.05, 0.1) is 5.00 Å². The summed E-state index contributed by atoms with van der Waals surface area (Å²) in [6.07, 6.45) is 1.05. The van der Waals surface area contributed by atoms with E-state index in [1.807, 2.05) is 14.1 Å². The van der Waals surface area contributed by atoms with Crippen LogP contribution in [-0.4, -0.2) is 14.1 Å². The smallest absolute Gasteiger partial charge is 0.0938 e. The minimum atomic E-state index is 0.916. The summed E-state index contributed by atoms with van der Waals surface area (Å²) in [7, 11) is 4.09. The lowest BCUT2D eigenvalue weighted by molar-refractivity contribution is 1.13. The highest BCUT2D eigenvalue weighted by atomic mass is 32.1. The topological polar surface area (TPSA) is 29.3 Å². The molecule has 0 fully saturated rings. The third kappa shape index (κ3) is 2.44. The summed E-state index contributed by atoms with van der Waals surface area (Å²) < 4.78 is 0. The van der Waals surface area contributed by atoms with Gasteiger partial charge in [-0.25, -0.2) is 0 Å². The molecule has 17 heavy (non-hydrogen) atoms. The molecule has 2 nitrogen and oxygen atoms in total. The number of nitrogens with zero attached hydrogens (tertiary/aromatic N) is 1. The molecular weight excluding hydrogens is 228 g/mol. The van der Waals surface area contributed by atoms with Crippen molar-refractivity contribution in [2.45, 2.75) is 13.3 Å². The van der Waals surface area contributed by atoms with Crippen molar-refractivity contribution in [1.82, 2.24) is 0 Å². The van der Waals surface area contributed by atoms with Crippen LogP contribution in [0.2, 0.25) is 0 Å². The van der Waals surface area contributed by atoms with Crippen molar-refractivity contribution in [2.24, 2.45) is 0 Å². The number of thiophene rings is 1. The molecule has 2 aromatic rings. The third-order valence-electron chi connectivity index (χ3n) is 2.86. The summed E-state index contributed by atoms with van der Waals surface area (Å²) in [6.45, 7) is 2.16. The van der Waals surface area contributed by atoms with Gasteiger partial charge in [-0.05, 0) is 30.2 Å². The van der Waals surface area contributed by atoms with Gasteiger partial charge in [-0.1, -0.05) is 19.1 Å². The maximum absolute atomic E-state index is 6.05. The normalized spacial score (nSPS) is 10.5. The molecule has 0 amide bonds. The molecule has 1 aromatic heterocycles. The molecule has 2 rings (SSSR count). The molecule has 0 saturated carbocycles. The Morgan fingerprint density at radius 1 is 1.18 bits per heavy atom. The maximum atomic E-state index is 6.05. The molecule has 0 radical (unpaired) electrons. The number of nitrogen functional groups attached to an aromatic ring is 1. The van der Waals surface area contributed by atoms with Gasteiger partial charge < -0.3 is 10.6 Å². The minimum Gasteiger partial charge on any atom is -0.390 e. The number of aryl methyl sites for hydroxylation is 1. The van der Waals surface area contributed by atoms with Gasteiger partial charge in [0, 0.05) is 30.2 Å². The van der Waals surface area contributed by atoms with E-state index in [0.717, 1.165) is 17.0 Å². The predicted molar refractivity (Wildman–Crippen MR) is 77.9 cm³/mol. The summed E-state index contributed by atoms with van der Waals surface area (Å²) in [5.41, 5.74) is 9.62. The quantitative estimate of drug-likeness (QED) is 0.896. The first-order valence-electron chi connectivity index (χ1n) is 5.77. The highest BCUT2D eigenvalue weighted by Gasteiger charge is 2.07. The summed E-state index contributed by atoms with van der Waals surface area (Å²) in [5.74, 6) is 0. The Bertz CT molecular complexity index is 497. The van der Waals surface area contributed by atoms with Crippen LogP contribution in [0.4, 0.5) is 10.7 Å². The molecule has 90 valence electrons. The molecule has 1 heterocycles. The van der Waals surface area contributed by atoms with Crippen molar-refractivity contribution in [3.8, 4) is 11.1 Å². The van der Waals surface area contributed by atoms with Gasteiger partial charge in [0.1, 0.15) is 0 Å². The van der Waals surface area contributed by atoms with Crippen LogP contribution in [0.1, 0.15) is 11.8 Å². The Kier molecular flexibility index (Phi) is 3.38. The molecule has 2 N–H and O–H groups in total. The van der Waals surface area contributed by atoms with Crippen molar-refractivity contribution < 1.29 is 0 Å². The summed E-state index contributed by atoms with van der Waals surface area (Å²) in [6, 6.07) is 10.7. The Balaban J connectivity index is 2.36. The van der Waals surface area contributed by atoms with Crippen molar-refractivity contribution in [2.75, 3.05) is 24.7 Å². The van der Waals surface area contributed by atoms with E-state index in [1.54, 1.807) is 11.3 Å². The van der Waals surface area contributed by atoms with Gasteiger partial charge >= 0.3 is 0 Å². The van der Waals surface area contributed by atoms with Crippen LogP contribution in [-0.2, 0) is 6.42 Å². The average Bonchev–Trinajstić information content (AvgIpc) is 2.71. The number of hydrogen-bond acceptors (Lipinski definition) is 3. The Morgan fingerprint density at radius 3 is 2.29 bits per heavy atom. The lowest BCUT2D eigenvalue weighted by Crippen LogP contribution is -2.07. The van der Waals surface area contributed by atoms with E-state index in [0.29, 0.717) is 0 Å². The van der Waals surface area contributed by atoms with Crippen LogP contribution in [0, 0.1) is 0 Å². The molecule has 0 spiro atoms. The second kappa shape index (κ2) is 4.80. The zero-order valence-corrected chi connectivity index (χ0v) is 11.3. The van der Waals surface area contributed by atoms with Gasteiger partial charge in [-0.15, -0.1) is 11.3 Å². The van der Waals surface area contributed by atoms with Crippen molar-refractivity contribution in [3.63, 3.8) is 0 Å². The standard InChI is InChI=1S/C14H18N2S/c1-4-12-9-13(14(15)17-12)10-5-7-11(8-6-10)16(2)3/h5-9H,4,15H2,1-3H3. The molecule has 1 aromatic carbocycles. The fraction of sp³-hybridized carbons (Fsp3) is 0.286. The second-order valence-corrected chi connectivity index (χ2v) is 5.45. The molecule has 0 saturated heterocycles. The number of rotatable bonds is 3. The van der Waals surface area contributed by atoms with Crippen LogP contribution >= 0.6 is 11.3 Å². The molecule has 3 heteroatoms. The molecule has 0 aliphatic rings. The Morgan fingerprint density at radius 2 is 1.82 bits per heavy atom. The number of nitrogens with two attached hydrogens (primary N) is 1. The van der Waals surface area contributed by atoms with Gasteiger partial charge in [-0.2, -0.15) is 0 Å². The number of hydrogen-bond donors (Lipinski definition) is 1. The molecule has 0 atom stereocenters. The largest absolute Gasteiger partial charge is 0.390 e. The maximum Gasteiger partial charge on any atom is 0.0938 e. The highest BCUT2D eigenvalue weighted by Crippen LogP contribution is 2.34. The van der Waals surface area contributed by atoms with E-state index >= 15 is 0 Å². The summed E-state index contributed by atoms with van der Waals surface area (Å²) in [5, 5.41) is 0.916. The van der Waals surface area contributed by atoms with Crippen molar-refractivity contribution in [1.29, 1.82) is 0 Å².